The zero-order valence-electron chi connectivity index (χ0n) is 7.18. The SMILES string of the molecule is Cc1n[nH]c2ncc(C(=O)O)c(=O)n12. The Bertz CT molecular complexity index is 568. The fraction of sp³-hybridized carbons (Fsp3) is 0.143. The minimum absolute atomic E-state index is 0.234. The molecule has 2 aromatic heterocycles. The monoisotopic (exact) mass is 194 g/mol. The van der Waals surface area contributed by atoms with E-state index in [4.69, 9.17) is 5.11 Å². The summed E-state index contributed by atoms with van der Waals surface area (Å²) in [5.74, 6) is -0.685. The number of hydrogen-bond donors (Lipinski definition) is 2. The van der Waals surface area contributed by atoms with Crippen LogP contribution in [0.3, 0.4) is 0 Å². The summed E-state index contributed by atoms with van der Waals surface area (Å²) < 4.78 is 1.11. The number of fused-ring (bicyclic) bond motifs is 1. The molecule has 0 unspecified atom stereocenters. The highest BCUT2D eigenvalue weighted by atomic mass is 16.4. The van der Waals surface area contributed by atoms with E-state index in [1.165, 1.54) is 0 Å². The number of aromatic carboxylic acids is 1. The maximum atomic E-state index is 11.5. The molecule has 0 bridgehead atoms. The molecule has 0 radical (unpaired) electrons. The number of aromatic amines is 1. The van der Waals surface area contributed by atoms with Gasteiger partial charge in [-0.2, -0.15) is 5.10 Å². The third-order valence-electron chi connectivity index (χ3n) is 1.83. The Kier molecular flexibility index (Phi) is 1.60. The highest BCUT2D eigenvalue weighted by Gasteiger charge is 2.13. The average molecular weight is 194 g/mol. The molecule has 0 aromatic carbocycles. The quantitative estimate of drug-likeness (QED) is 0.632. The van der Waals surface area contributed by atoms with E-state index < -0.39 is 11.5 Å². The van der Waals surface area contributed by atoms with E-state index in [2.05, 4.69) is 15.2 Å². The molecule has 0 saturated carbocycles. The van der Waals surface area contributed by atoms with Crippen LogP contribution in [0.4, 0.5) is 0 Å². The summed E-state index contributed by atoms with van der Waals surface area (Å²) in [7, 11) is 0. The third kappa shape index (κ3) is 0.987. The van der Waals surface area contributed by atoms with E-state index in [1.54, 1.807) is 6.92 Å². The molecule has 0 amide bonds. The lowest BCUT2D eigenvalue weighted by atomic mass is 10.3. The number of aryl methyl sites for hydroxylation is 1. The van der Waals surface area contributed by atoms with Gasteiger partial charge in [0.05, 0.1) is 6.20 Å². The van der Waals surface area contributed by atoms with Crippen LogP contribution in [0.25, 0.3) is 5.78 Å². The lowest BCUT2D eigenvalue weighted by Crippen LogP contribution is -2.22. The molecule has 0 aliphatic heterocycles. The number of hydrogen-bond acceptors (Lipinski definition) is 4. The molecule has 0 aliphatic carbocycles. The van der Waals surface area contributed by atoms with E-state index in [1.807, 2.05) is 0 Å². The Morgan fingerprint density at radius 3 is 3.00 bits per heavy atom. The fourth-order valence-corrected chi connectivity index (χ4v) is 1.16. The van der Waals surface area contributed by atoms with Gasteiger partial charge < -0.3 is 5.11 Å². The van der Waals surface area contributed by atoms with Crippen LogP contribution in [0.5, 0.6) is 0 Å². The molecule has 2 rings (SSSR count). The van der Waals surface area contributed by atoms with Crippen molar-refractivity contribution in [1.82, 2.24) is 19.6 Å². The molecule has 2 N–H and O–H groups in total. The molecule has 0 saturated heterocycles. The molecule has 2 aromatic rings. The van der Waals surface area contributed by atoms with Gasteiger partial charge in [0.1, 0.15) is 11.4 Å². The Balaban J connectivity index is 2.93. The van der Waals surface area contributed by atoms with E-state index >= 15 is 0 Å². The number of nitrogens with one attached hydrogen (secondary N) is 1. The van der Waals surface area contributed by atoms with Gasteiger partial charge in [0, 0.05) is 0 Å². The van der Waals surface area contributed by atoms with E-state index in [0.29, 0.717) is 5.82 Å². The van der Waals surface area contributed by atoms with E-state index in [0.717, 1.165) is 10.6 Å². The van der Waals surface area contributed by atoms with Crippen LogP contribution in [0, 0.1) is 6.92 Å². The number of carboxylic acids is 1. The molecule has 2 heterocycles. The molecule has 0 aliphatic rings. The molecule has 0 spiro atoms. The second-order valence-electron chi connectivity index (χ2n) is 2.71. The van der Waals surface area contributed by atoms with Gasteiger partial charge in [-0.3, -0.25) is 4.79 Å². The largest absolute Gasteiger partial charge is 0.477 e. The number of H-pyrrole nitrogens is 1. The van der Waals surface area contributed by atoms with Gasteiger partial charge >= 0.3 is 5.97 Å². The molecule has 72 valence electrons. The Hall–Kier alpha value is -2.18. The van der Waals surface area contributed by atoms with Gasteiger partial charge in [-0.1, -0.05) is 0 Å². The topological polar surface area (TPSA) is 100 Å². The van der Waals surface area contributed by atoms with Crippen molar-refractivity contribution < 1.29 is 9.90 Å². The normalized spacial score (nSPS) is 10.6. The maximum absolute atomic E-state index is 11.5. The van der Waals surface area contributed by atoms with Crippen LogP contribution < -0.4 is 5.56 Å². The van der Waals surface area contributed by atoms with Crippen LogP contribution in [-0.2, 0) is 0 Å². The molecule has 0 fully saturated rings. The van der Waals surface area contributed by atoms with Gasteiger partial charge in [0.25, 0.3) is 5.56 Å². The van der Waals surface area contributed by atoms with Crippen molar-refractivity contribution >= 4 is 11.7 Å². The van der Waals surface area contributed by atoms with Crippen LogP contribution in [-0.4, -0.2) is 30.7 Å². The van der Waals surface area contributed by atoms with Crippen molar-refractivity contribution in [3.8, 4) is 0 Å². The Morgan fingerprint density at radius 2 is 2.36 bits per heavy atom. The van der Waals surface area contributed by atoms with Crippen molar-refractivity contribution in [2.45, 2.75) is 6.92 Å². The second-order valence-corrected chi connectivity index (χ2v) is 2.71. The van der Waals surface area contributed by atoms with E-state index in [9.17, 15) is 9.59 Å². The van der Waals surface area contributed by atoms with Crippen molar-refractivity contribution in [3.63, 3.8) is 0 Å². The molecular weight excluding hydrogens is 188 g/mol. The number of nitrogens with zero attached hydrogens (tertiary/aromatic N) is 3. The first-order chi connectivity index (χ1) is 6.61. The third-order valence-corrected chi connectivity index (χ3v) is 1.83. The minimum atomic E-state index is -1.29. The summed E-state index contributed by atoms with van der Waals surface area (Å²) in [6, 6.07) is 0. The molecule has 7 nitrogen and oxygen atoms in total. The van der Waals surface area contributed by atoms with Crippen LogP contribution in [0.15, 0.2) is 11.0 Å². The first kappa shape index (κ1) is 8.42. The summed E-state index contributed by atoms with van der Waals surface area (Å²) in [5, 5.41) is 14.9. The molecule has 0 atom stereocenters. The van der Waals surface area contributed by atoms with Crippen LogP contribution in [0.2, 0.25) is 0 Å². The molecule has 14 heavy (non-hydrogen) atoms. The van der Waals surface area contributed by atoms with Crippen molar-refractivity contribution in [1.29, 1.82) is 0 Å². The minimum Gasteiger partial charge on any atom is -0.477 e. The van der Waals surface area contributed by atoms with Crippen molar-refractivity contribution in [2.24, 2.45) is 0 Å². The second kappa shape index (κ2) is 2.66. The Labute approximate surface area is 77.0 Å². The fourth-order valence-electron chi connectivity index (χ4n) is 1.16. The van der Waals surface area contributed by atoms with Crippen molar-refractivity contribution in [2.75, 3.05) is 0 Å². The highest BCUT2D eigenvalue weighted by Crippen LogP contribution is 1.96. The van der Waals surface area contributed by atoms with Crippen LogP contribution >= 0.6 is 0 Å². The standard InChI is InChI=1S/C7H6N4O3/c1-3-9-10-7-8-2-4(6(13)14)5(12)11(3)7/h2H,1H3,(H,8,10)(H,13,14). The maximum Gasteiger partial charge on any atom is 0.342 e. The first-order valence-electron chi connectivity index (χ1n) is 3.77. The first-order valence-corrected chi connectivity index (χ1v) is 3.77. The van der Waals surface area contributed by atoms with Gasteiger partial charge in [-0.05, 0) is 6.92 Å². The van der Waals surface area contributed by atoms with Gasteiger partial charge in [0.2, 0.25) is 5.78 Å². The van der Waals surface area contributed by atoms with Gasteiger partial charge in [-0.15, -0.1) is 0 Å². The lowest BCUT2D eigenvalue weighted by molar-refractivity contribution is 0.0694. The number of carboxylic acid groups (broad SMARTS) is 1. The zero-order valence-corrected chi connectivity index (χ0v) is 7.18. The summed E-state index contributed by atoms with van der Waals surface area (Å²) in [4.78, 5) is 25.9. The Morgan fingerprint density at radius 1 is 1.64 bits per heavy atom. The average Bonchev–Trinajstić information content (AvgIpc) is 2.48. The smallest absolute Gasteiger partial charge is 0.342 e. The summed E-state index contributed by atoms with van der Waals surface area (Å²) in [5.41, 5.74) is -0.999. The molecular formula is C7H6N4O3. The van der Waals surface area contributed by atoms with Gasteiger partial charge in [0.15, 0.2) is 0 Å². The molecule has 7 heteroatoms. The zero-order chi connectivity index (χ0) is 10.3. The predicted molar refractivity (Wildman–Crippen MR) is 45.3 cm³/mol. The van der Waals surface area contributed by atoms with Crippen molar-refractivity contribution in [3.05, 3.63) is 27.9 Å². The van der Waals surface area contributed by atoms with Crippen LogP contribution in [0.1, 0.15) is 16.2 Å². The summed E-state index contributed by atoms with van der Waals surface area (Å²) in [6.07, 6.45) is 1.01. The summed E-state index contributed by atoms with van der Waals surface area (Å²) in [6.45, 7) is 1.58. The highest BCUT2D eigenvalue weighted by molar-refractivity contribution is 5.86. The predicted octanol–water partition coefficient (Wildman–Crippen LogP) is -0.576. The summed E-state index contributed by atoms with van der Waals surface area (Å²) >= 11 is 0. The van der Waals surface area contributed by atoms with E-state index in [-0.39, 0.29) is 11.3 Å². The number of aromatic nitrogens is 4. The lowest BCUT2D eigenvalue weighted by Gasteiger charge is -1.94. The number of carbonyl (C=O) groups is 1. The van der Waals surface area contributed by atoms with Gasteiger partial charge in [-0.25, -0.2) is 19.3 Å². The number of rotatable bonds is 1.